The van der Waals surface area contributed by atoms with E-state index < -0.39 is 11.6 Å². The Hall–Kier alpha value is -3.47. The minimum Gasteiger partial charge on any atom is -0.448 e. The lowest BCUT2D eigenvalue weighted by Gasteiger charge is -2.44. The molecule has 3 aliphatic rings. The molecule has 3 nitrogen and oxygen atoms in total. The first-order valence-electron chi connectivity index (χ1n) is 11.9. The summed E-state index contributed by atoms with van der Waals surface area (Å²) in [4.78, 5) is 15.1. The number of rotatable bonds is 3. The van der Waals surface area contributed by atoms with Crippen LogP contribution in [0.3, 0.4) is 0 Å². The average molecular weight is 458 g/mol. The van der Waals surface area contributed by atoms with E-state index in [0.717, 1.165) is 30.9 Å². The fourth-order valence-electron chi connectivity index (χ4n) is 5.93. The Bertz CT molecular complexity index is 1260. The SMILES string of the molecule is O=C(OCC1c2ccccc2-c2ccccc21)N1C2C=C(c3cccc(F)c3F)CC1CCC2. The van der Waals surface area contributed by atoms with Crippen molar-refractivity contribution in [2.45, 2.75) is 43.7 Å². The second kappa shape index (κ2) is 8.39. The minimum absolute atomic E-state index is 0.00785. The number of fused-ring (bicyclic) bond motifs is 5. The summed E-state index contributed by atoms with van der Waals surface area (Å²) in [6.45, 7) is 0.276. The van der Waals surface area contributed by atoms with Crippen molar-refractivity contribution in [3.8, 4) is 11.1 Å². The maximum Gasteiger partial charge on any atom is 0.410 e. The van der Waals surface area contributed by atoms with Crippen molar-refractivity contribution >= 4 is 11.7 Å². The summed E-state index contributed by atoms with van der Waals surface area (Å²) >= 11 is 0. The predicted octanol–water partition coefficient (Wildman–Crippen LogP) is 6.92. The smallest absolute Gasteiger partial charge is 0.410 e. The van der Waals surface area contributed by atoms with E-state index in [1.165, 1.54) is 28.3 Å². The van der Waals surface area contributed by atoms with E-state index in [9.17, 15) is 13.6 Å². The Morgan fingerprint density at radius 2 is 1.56 bits per heavy atom. The van der Waals surface area contributed by atoms with Crippen LogP contribution in [0, 0.1) is 11.6 Å². The van der Waals surface area contributed by atoms with Gasteiger partial charge in [-0.2, -0.15) is 0 Å². The van der Waals surface area contributed by atoms with Crippen molar-refractivity contribution in [2.75, 3.05) is 6.61 Å². The van der Waals surface area contributed by atoms with Gasteiger partial charge in [0, 0.05) is 17.5 Å². The molecule has 3 aromatic rings. The highest BCUT2D eigenvalue weighted by molar-refractivity contribution is 5.79. The lowest BCUT2D eigenvalue weighted by molar-refractivity contribution is 0.0538. The van der Waals surface area contributed by atoms with Crippen molar-refractivity contribution in [1.82, 2.24) is 4.90 Å². The first kappa shape index (κ1) is 21.1. The Morgan fingerprint density at radius 3 is 2.26 bits per heavy atom. The molecule has 2 unspecified atom stereocenters. The standard InChI is InChI=1S/C29H25F2NO2/c30-27-14-6-13-21(28(27)31)18-15-19-7-5-8-20(16-18)32(19)29(33)34-17-26-24-11-3-1-9-22(24)23-10-2-4-12-25(23)26/h1-4,6,9-15,19-20,26H,5,7-8,16-17H2. The lowest BCUT2D eigenvalue weighted by Crippen LogP contribution is -2.52. The van der Waals surface area contributed by atoms with Crippen LogP contribution in [0.4, 0.5) is 13.6 Å². The summed E-state index contributed by atoms with van der Waals surface area (Å²) in [6, 6.07) is 20.6. The first-order valence-corrected chi connectivity index (χ1v) is 11.9. The summed E-state index contributed by atoms with van der Waals surface area (Å²) in [5, 5.41) is 0. The van der Waals surface area contributed by atoms with E-state index in [0.29, 0.717) is 12.0 Å². The molecular formula is C29H25F2NO2. The third kappa shape index (κ3) is 3.42. The van der Waals surface area contributed by atoms with Crippen molar-refractivity contribution in [3.63, 3.8) is 0 Å². The van der Waals surface area contributed by atoms with Crippen molar-refractivity contribution < 1.29 is 18.3 Å². The third-order valence-corrected chi connectivity index (χ3v) is 7.48. The van der Waals surface area contributed by atoms with Crippen LogP contribution in [0.25, 0.3) is 16.7 Å². The van der Waals surface area contributed by atoms with E-state index in [4.69, 9.17) is 4.74 Å². The number of amides is 1. The van der Waals surface area contributed by atoms with Crippen molar-refractivity contribution in [1.29, 1.82) is 0 Å². The number of nitrogens with zero attached hydrogens (tertiary/aromatic N) is 1. The minimum atomic E-state index is -0.845. The second-order valence-electron chi connectivity index (χ2n) is 9.36. The lowest BCUT2D eigenvalue weighted by atomic mass is 9.83. The average Bonchev–Trinajstić information content (AvgIpc) is 3.17. The Morgan fingerprint density at radius 1 is 0.882 bits per heavy atom. The van der Waals surface area contributed by atoms with Gasteiger partial charge in [-0.1, -0.05) is 66.7 Å². The highest BCUT2D eigenvalue weighted by Crippen LogP contribution is 2.45. The molecule has 0 saturated carbocycles. The Kier molecular flexibility index (Phi) is 5.20. The van der Waals surface area contributed by atoms with Crippen LogP contribution in [-0.2, 0) is 4.74 Å². The molecule has 34 heavy (non-hydrogen) atoms. The molecule has 5 heteroatoms. The van der Waals surface area contributed by atoms with Gasteiger partial charge in [0.15, 0.2) is 11.6 Å². The zero-order chi connectivity index (χ0) is 23.2. The molecule has 0 aromatic heterocycles. The third-order valence-electron chi connectivity index (χ3n) is 7.48. The van der Waals surface area contributed by atoms with Gasteiger partial charge in [-0.25, -0.2) is 13.6 Å². The fourth-order valence-corrected chi connectivity index (χ4v) is 5.93. The number of carbonyl (C=O) groups excluding carboxylic acids is 1. The van der Waals surface area contributed by atoms with E-state index >= 15 is 0 Å². The van der Waals surface area contributed by atoms with E-state index in [2.05, 4.69) is 24.3 Å². The van der Waals surface area contributed by atoms with Crippen LogP contribution in [0.5, 0.6) is 0 Å². The monoisotopic (exact) mass is 457 g/mol. The first-order chi connectivity index (χ1) is 16.6. The van der Waals surface area contributed by atoms with Crippen LogP contribution >= 0.6 is 0 Å². The maximum absolute atomic E-state index is 14.4. The molecule has 2 heterocycles. The van der Waals surface area contributed by atoms with Crippen LogP contribution in [0.2, 0.25) is 0 Å². The molecule has 2 atom stereocenters. The van der Waals surface area contributed by atoms with E-state index in [1.807, 2.05) is 35.2 Å². The zero-order valence-corrected chi connectivity index (χ0v) is 18.7. The van der Waals surface area contributed by atoms with E-state index in [-0.39, 0.29) is 30.7 Å². The fraction of sp³-hybridized carbons (Fsp3) is 0.276. The summed E-state index contributed by atoms with van der Waals surface area (Å²) in [5.74, 6) is -1.66. The number of benzene rings is 3. The van der Waals surface area contributed by atoms with Gasteiger partial charge in [-0.15, -0.1) is 0 Å². The molecule has 1 aliphatic carbocycles. The second-order valence-corrected chi connectivity index (χ2v) is 9.36. The number of piperidine rings is 1. The highest BCUT2D eigenvalue weighted by atomic mass is 19.2. The van der Waals surface area contributed by atoms with Gasteiger partial charge in [-0.05, 0) is 59.6 Å². The van der Waals surface area contributed by atoms with Gasteiger partial charge in [0.1, 0.15) is 6.61 Å². The Labute approximate surface area is 197 Å². The number of hydrogen-bond donors (Lipinski definition) is 0. The quantitative estimate of drug-likeness (QED) is 0.427. The number of hydrogen-bond acceptors (Lipinski definition) is 2. The van der Waals surface area contributed by atoms with Gasteiger partial charge in [0.25, 0.3) is 0 Å². The van der Waals surface area contributed by atoms with Crippen LogP contribution in [0.1, 0.15) is 48.3 Å². The van der Waals surface area contributed by atoms with Gasteiger partial charge in [0.05, 0.1) is 6.04 Å². The molecule has 0 spiro atoms. The topological polar surface area (TPSA) is 29.5 Å². The maximum atomic E-state index is 14.4. The highest BCUT2D eigenvalue weighted by Gasteiger charge is 2.39. The predicted molar refractivity (Wildman–Crippen MR) is 127 cm³/mol. The van der Waals surface area contributed by atoms with Crippen LogP contribution in [-0.4, -0.2) is 29.7 Å². The zero-order valence-electron chi connectivity index (χ0n) is 18.7. The van der Waals surface area contributed by atoms with Crippen LogP contribution < -0.4 is 0 Å². The summed E-state index contributed by atoms with van der Waals surface area (Å²) in [5.41, 5.74) is 5.81. The van der Waals surface area contributed by atoms with E-state index in [1.54, 1.807) is 6.07 Å². The summed E-state index contributed by atoms with van der Waals surface area (Å²) in [7, 11) is 0. The number of carbonyl (C=O) groups is 1. The molecule has 1 saturated heterocycles. The molecule has 172 valence electrons. The normalized spacial score (nSPS) is 21.0. The number of ether oxygens (including phenoxy) is 1. The van der Waals surface area contributed by atoms with Gasteiger partial charge in [-0.3, -0.25) is 4.90 Å². The summed E-state index contributed by atoms with van der Waals surface area (Å²) < 4.78 is 34.2. The Balaban J connectivity index is 1.23. The molecule has 6 rings (SSSR count). The molecule has 2 bridgehead atoms. The summed E-state index contributed by atoms with van der Waals surface area (Å²) in [6.07, 6.45) is 4.72. The van der Waals surface area contributed by atoms with Gasteiger partial charge >= 0.3 is 6.09 Å². The molecular weight excluding hydrogens is 432 g/mol. The van der Waals surface area contributed by atoms with Gasteiger partial charge in [0.2, 0.25) is 0 Å². The molecule has 1 amide bonds. The largest absolute Gasteiger partial charge is 0.448 e. The van der Waals surface area contributed by atoms with Crippen molar-refractivity contribution in [2.24, 2.45) is 0 Å². The number of halogens is 2. The molecule has 0 N–H and O–H groups in total. The molecule has 0 radical (unpaired) electrons. The van der Waals surface area contributed by atoms with Crippen LogP contribution in [0.15, 0.2) is 72.8 Å². The molecule has 1 fully saturated rings. The van der Waals surface area contributed by atoms with Crippen molar-refractivity contribution in [3.05, 3.63) is 101 Å². The van der Waals surface area contributed by atoms with Gasteiger partial charge < -0.3 is 4.74 Å². The molecule has 3 aromatic carbocycles. The molecule has 2 aliphatic heterocycles.